The summed E-state index contributed by atoms with van der Waals surface area (Å²) in [6, 6.07) is 1.61. The molecule has 1 fully saturated rings. The second-order valence-corrected chi connectivity index (χ2v) is 6.53. The third kappa shape index (κ3) is 11.7. The largest absolute Gasteiger partial charge is 0.326 e. The van der Waals surface area contributed by atoms with Gasteiger partial charge in [-0.15, -0.1) is 24.8 Å². The standard InChI is InChI=1S/C17H36N2.2ClH/c1-3-4-5-6-7-8-9-12-15(2)19-17-14-11-10-13-16(17)18;;/h15-17,19H,3-14,18H2,1-2H3;2*1H/t15?,16-,17-;;/m1../s1. The van der Waals surface area contributed by atoms with Crippen LogP contribution in [-0.2, 0) is 0 Å². The van der Waals surface area contributed by atoms with E-state index in [1.54, 1.807) is 0 Å². The lowest BCUT2D eigenvalue weighted by Crippen LogP contribution is -2.50. The molecule has 4 heteroatoms. The molecule has 130 valence electrons. The average molecular weight is 341 g/mol. The van der Waals surface area contributed by atoms with Gasteiger partial charge in [0.15, 0.2) is 0 Å². The molecule has 0 aromatic carbocycles. The predicted octanol–water partition coefficient (Wildman–Crippen LogP) is 5.22. The van der Waals surface area contributed by atoms with Crippen molar-refractivity contribution < 1.29 is 0 Å². The Morgan fingerprint density at radius 1 is 0.952 bits per heavy atom. The van der Waals surface area contributed by atoms with Crippen LogP contribution >= 0.6 is 24.8 Å². The van der Waals surface area contributed by atoms with Gasteiger partial charge in [-0.05, 0) is 26.2 Å². The topological polar surface area (TPSA) is 38.0 Å². The fraction of sp³-hybridized carbons (Fsp3) is 1.00. The average Bonchev–Trinajstić information content (AvgIpc) is 2.40. The highest BCUT2D eigenvalue weighted by Gasteiger charge is 2.22. The molecule has 0 radical (unpaired) electrons. The number of hydrogen-bond acceptors (Lipinski definition) is 2. The van der Waals surface area contributed by atoms with Crippen LogP contribution in [0.5, 0.6) is 0 Å². The summed E-state index contributed by atoms with van der Waals surface area (Å²) in [5.74, 6) is 0. The molecule has 1 aliphatic carbocycles. The maximum Gasteiger partial charge on any atom is 0.0221 e. The number of halogens is 2. The van der Waals surface area contributed by atoms with Crippen LogP contribution in [0.3, 0.4) is 0 Å². The van der Waals surface area contributed by atoms with E-state index in [4.69, 9.17) is 5.73 Å². The van der Waals surface area contributed by atoms with Crippen molar-refractivity contribution in [3.8, 4) is 0 Å². The van der Waals surface area contributed by atoms with Crippen LogP contribution < -0.4 is 11.1 Å². The first-order chi connectivity index (χ1) is 9.24. The second kappa shape index (κ2) is 15.4. The highest BCUT2D eigenvalue weighted by molar-refractivity contribution is 5.85. The Hall–Kier alpha value is 0.500. The molecule has 3 atom stereocenters. The molecule has 0 aliphatic heterocycles. The van der Waals surface area contributed by atoms with Gasteiger partial charge in [-0.25, -0.2) is 0 Å². The summed E-state index contributed by atoms with van der Waals surface area (Å²) < 4.78 is 0. The first-order valence-electron chi connectivity index (χ1n) is 8.75. The van der Waals surface area contributed by atoms with Gasteiger partial charge in [0.2, 0.25) is 0 Å². The molecule has 1 saturated carbocycles. The van der Waals surface area contributed by atoms with E-state index in [0.717, 1.165) is 0 Å². The number of nitrogens with one attached hydrogen (secondary N) is 1. The van der Waals surface area contributed by atoms with E-state index in [0.29, 0.717) is 18.1 Å². The van der Waals surface area contributed by atoms with E-state index < -0.39 is 0 Å². The molecule has 0 amide bonds. The Morgan fingerprint density at radius 2 is 1.52 bits per heavy atom. The summed E-state index contributed by atoms with van der Waals surface area (Å²) in [5.41, 5.74) is 6.19. The van der Waals surface area contributed by atoms with Crippen molar-refractivity contribution in [2.45, 2.75) is 109 Å². The number of rotatable bonds is 10. The zero-order valence-corrected chi connectivity index (χ0v) is 15.7. The molecule has 0 aromatic heterocycles. The predicted molar refractivity (Wildman–Crippen MR) is 99.9 cm³/mol. The highest BCUT2D eigenvalue weighted by Crippen LogP contribution is 2.18. The minimum Gasteiger partial charge on any atom is -0.326 e. The Bertz CT molecular complexity index is 215. The monoisotopic (exact) mass is 340 g/mol. The van der Waals surface area contributed by atoms with E-state index in [1.807, 2.05) is 0 Å². The number of unbranched alkanes of at least 4 members (excludes halogenated alkanes) is 6. The third-order valence-corrected chi connectivity index (χ3v) is 4.56. The first-order valence-corrected chi connectivity index (χ1v) is 8.75. The van der Waals surface area contributed by atoms with Crippen LogP contribution in [0.1, 0.15) is 90.9 Å². The smallest absolute Gasteiger partial charge is 0.0221 e. The van der Waals surface area contributed by atoms with Gasteiger partial charge in [0, 0.05) is 18.1 Å². The van der Waals surface area contributed by atoms with Crippen LogP contribution in [0.4, 0.5) is 0 Å². The van der Waals surface area contributed by atoms with Gasteiger partial charge in [-0.1, -0.05) is 64.7 Å². The lowest BCUT2D eigenvalue weighted by atomic mass is 9.90. The second-order valence-electron chi connectivity index (χ2n) is 6.53. The molecule has 0 aromatic rings. The molecule has 1 aliphatic rings. The van der Waals surface area contributed by atoms with E-state index >= 15 is 0 Å². The van der Waals surface area contributed by atoms with Gasteiger partial charge in [-0.2, -0.15) is 0 Å². The molecule has 3 N–H and O–H groups in total. The SMILES string of the molecule is CCCCCCCCCC(C)N[C@@H]1CCCC[C@H]1N.Cl.Cl. The van der Waals surface area contributed by atoms with Crippen LogP contribution in [0, 0.1) is 0 Å². The van der Waals surface area contributed by atoms with E-state index in [-0.39, 0.29) is 24.8 Å². The molecule has 2 nitrogen and oxygen atoms in total. The molecule has 0 heterocycles. The number of hydrogen-bond donors (Lipinski definition) is 2. The highest BCUT2D eigenvalue weighted by atomic mass is 35.5. The van der Waals surface area contributed by atoms with Crippen LogP contribution in [0.15, 0.2) is 0 Å². The summed E-state index contributed by atoms with van der Waals surface area (Å²) in [6.45, 7) is 4.61. The molecular formula is C17H38Cl2N2. The van der Waals surface area contributed by atoms with Gasteiger partial charge in [0.25, 0.3) is 0 Å². The Kier molecular flexibility index (Phi) is 17.4. The Labute approximate surface area is 145 Å². The third-order valence-electron chi connectivity index (χ3n) is 4.56. The van der Waals surface area contributed by atoms with E-state index in [2.05, 4.69) is 19.2 Å². The van der Waals surface area contributed by atoms with Crippen molar-refractivity contribution in [3.63, 3.8) is 0 Å². The molecular weight excluding hydrogens is 303 g/mol. The quantitative estimate of drug-likeness (QED) is 0.535. The van der Waals surface area contributed by atoms with Crippen molar-refractivity contribution in [3.05, 3.63) is 0 Å². The molecule has 1 rings (SSSR count). The van der Waals surface area contributed by atoms with Crippen molar-refractivity contribution in [1.82, 2.24) is 5.32 Å². The minimum absolute atomic E-state index is 0. The van der Waals surface area contributed by atoms with Gasteiger partial charge < -0.3 is 11.1 Å². The zero-order chi connectivity index (χ0) is 13.9. The minimum atomic E-state index is 0. The maximum atomic E-state index is 6.19. The van der Waals surface area contributed by atoms with E-state index in [1.165, 1.54) is 77.0 Å². The molecule has 21 heavy (non-hydrogen) atoms. The normalized spacial score (nSPS) is 23.0. The number of nitrogens with two attached hydrogens (primary N) is 1. The van der Waals surface area contributed by atoms with Crippen LogP contribution in [-0.4, -0.2) is 18.1 Å². The van der Waals surface area contributed by atoms with Gasteiger partial charge in [0.1, 0.15) is 0 Å². The van der Waals surface area contributed by atoms with Gasteiger partial charge in [-0.3, -0.25) is 0 Å². The molecule has 1 unspecified atom stereocenters. The molecule has 0 saturated heterocycles. The summed E-state index contributed by atoms with van der Waals surface area (Å²) in [7, 11) is 0. The van der Waals surface area contributed by atoms with Crippen molar-refractivity contribution >= 4 is 24.8 Å². The Morgan fingerprint density at radius 3 is 2.14 bits per heavy atom. The van der Waals surface area contributed by atoms with Crippen molar-refractivity contribution in [2.24, 2.45) is 5.73 Å². The van der Waals surface area contributed by atoms with Crippen molar-refractivity contribution in [2.75, 3.05) is 0 Å². The Balaban J connectivity index is 0. The van der Waals surface area contributed by atoms with Crippen LogP contribution in [0.2, 0.25) is 0 Å². The van der Waals surface area contributed by atoms with Gasteiger partial charge in [0.05, 0.1) is 0 Å². The van der Waals surface area contributed by atoms with E-state index in [9.17, 15) is 0 Å². The summed E-state index contributed by atoms with van der Waals surface area (Å²) >= 11 is 0. The lowest BCUT2D eigenvalue weighted by Gasteiger charge is -2.32. The molecule has 0 bridgehead atoms. The summed E-state index contributed by atoms with van der Waals surface area (Å²) in [5, 5.41) is 3.75. The summed E-state index contributed by atoms with van der Waals surface area (Å²) in [6.07, 6.45) is 16.3. The summed E-state index contributed by atoms with van der Waals surface area (Å²) in [4.78, 5) is 0. The van der Waals surface area contributed by atoms with Crippen molar-refractivity contribution in [1.29, 1.82) is 0 Å². The maximum absolute atomic E-state index is 6.19. The fourth-order valence-electron chi connectivity index (χ4n) is 3.22. The first kappa shape index (κ1) is 23.8. The lowest BCUT2D eigenvalue weighted by molar-refractivity contribution is 0.297. The molecule has 0 spiro atoms. The zero-order valence-electron chi connectivity index (χ0n) is 14.1. The van der Waals surface area contributed by atoms with Crippen LogP contribution in [0.25, 0.3) is 0 Å². The fourth-order valence-corrected chi connectivity index (χ4v) is 3.22. The van der Waals surface area contributed by atoms with Gasteiger partial charge >= 0.3 is 0 Å².